The first-order chi connectivity index (χ1) is 4.41. The maximum atomic E-state index is 10.4. The molecular weight excluding hydrogens is 168 g/mol. The Morgan fingerprint density at radius 2 is 2.10 bits per heavy atom. The fourth-order valence-electron chi connectivity index (χ4n) is 0.504. The van der Waals surface area contributed by atoms with Gasteiger partial charge in [0.25, 0.3) is 0 Å². The summed E-state index contributed by atoms with van der Waals surface area (Å²) in [6, 6.07) is 0. The van der Waals surface area contributed by atoms with Gasteiger partial charge in [0.2, 0.25) is 0 Å². The zero-order valence-corrected chi connectivity index (χ0v) is 7.82. The van der Waals surface area contributed by atoms with Crippen LogP contribution < -0.4 is 0 Å². The van der Waals surface area contributed by atoms with Gasteiger partial charge in [-0.25, -0.2) is 0 Å². The van der Waals surface area contributed by atoms with Crippen molar-refractivity contribution in [2.45, 2.75) is 24.3 Å². The molecule has 0 saturated carbocycles. The zero-order chi connectivity index (χ0) is 8.36. The van der Waals surface area contributed by atoms with Gasteiger partial charge in [0.1, 0.15) is 0 Å². The Labute approximate surface area is 71.8 Å². The Bertz CT molecular complexity index is 134. The minimum atomic E-state index is -0.855. The van der Waals surface area contributed by atoms with Gasteiger partial charge in [-0.3, -0.25) is 4.79 Å². The van der Waals surface area contributed by atoms with Crippen molar-refractivity contribution in [2.75, 3.05) is 0 Å². The average molecular weight is 180 g/mol. The van der Waals surface area contributed by atoms with Gasteiger partial charge < -0.3 is 5.11 Å². The Kier molecular flexibility index (Phi) is 3.59. The second kappa shape index (κ2) is 3.53. The highest BCUT2D eigenvalue weighted by atomic mass is 32.2. The topological polar surface area (TPSA) is 37.3 Å². The molecule has 0 radical (unpaired) electrons. The summed E-state index contributed by atoms with van der Waals surface area (Å²) in [7, 11) is 0. The predicted octanol–water partition coefficient (Wildman–Crippen LogP) is 1.67. The molecular formula is C6H12O2S2. The monoisotopic (exact) mass is 180 g/mol. The van der Waals surface area contributed by atoms with Crippen molar-refractivity contribution in [1.82, 2.24) is 0 Å². The molecule has 0 saturated heterocycles. The molecule has 0 aromatic rings. The van der Waals surface area contributed by atoms with Gasteiger partial charge in [0, 0.05) is 0 Å². The standard InChI is InChI=1S/C6H12O2S2/c1-3-6(9,10)4(2)5(7)8/h4,9-10H,3H2,1-2H3,(H,7,8). The van der Waals surface area contributed by atoms with Crippen LogP contribution in [0, 0.1) is 5.92 Å². The van der Waals surface area contributed by atoms with E-state index in [1.165, 1.54) is 0 Å². The summed E-state index contributed by atoms with van der Waals surface area (Å²) in [6.45, 7) is 3.46. The molecule has 0 aliphatic carbocycles. The molecule has 0 heterocycles. The molecule has 60 valence electrons. The first-order valence-corrected chi connectivity index (χ1v) is 3.98. The van der Waals surface area contributed by atoms with Gasteiger partial charge in [-0.05, 0) is 13.3 Å². The molecule has 1 N–H and O–H groups in total. The van der Waals surface area contributed by atoms with Gasteiger partial charge >= 0.3 is 5.97 Å². The van der Waals surface area contributed by atoms with Crippen molar-refractivity contribution in [2.24, 2.45) is 5.92 Å². The Hall–Kier alpha value is 0.170. The van der Waals surface area contributed by atoms with Crippen LogP contribution in [0.2, 0.25) is 0 Å². The number of carbonyl (C=O) groups is 1. The molecule has 2 nitrogen and oxygen atoms in total. The van der Waals surface area contributed by atoms with Crippen molar-refractivity contribution < 1.29 is 9.90 Å². The minimum absolute atomic E-state index is 0.524. The maximum Gasteiger partial charge on any atom is 0.308 e. The molecule has 0 aromatic carbocycles. The molecule has 0 aliphatic rings. The van der Waals surface area contributed by atoms with E-state index in [1.54, 1.807) is 6.92 Å². The van der Waals surface area contributed by atoms with Gasteiger partial charge in [0.05, 0.1) is 10.00 Å². The fraction of sp³-hybridized carbons (Fsp3) is 0.833. The SMILES string of the molecule is CCC(S)(S)C(C)C(=O)O. The Morgan fingerprint density at radius 1 is 1.70 bits per heavy atom. The fourth-order valence-corrected chi connectivity index (χ4v) is 0.725. The number of thiol groups is 2. The van der Waals surface area contributed by atoms with E-state index in [-0.39, 0.29) is 0 Å². The molecule has 0 aliphatic heterocycles. The summed E-state index contributed by atoms with van der Waals surface area (Å²) in [5.41, 5.74) is 0. The van der Waals surface area contributed by atoms with Crippen molar-refractivity contribution in [1.29, 1.82) is 0 Å². The number of rotatable bonds is 3. The molecule has 0 bridgehead atoms. The van der Waals surface area contributed by atoms with Crippen molar-refractivity contribution in [3.05, 3.63) is 0 Å². The lowest BCUT2D eigenvalue weighted by atomic mass is 10.1. The van der Waals surface area contributed by atoms with E-state index in [0.717, 1.165) is 0 Å². The highest BCUT2D eigenvalue weighted by Gasteiger charge is 2.31. The smallest absolute Gasteiger partial charge is 0.308 e. The summed E-state index contributed by atoms with van der Waals surface area (Å²) < 4.78 is -0.689. The van der Waals surface area contributed by atoms with Crippen molar-refractivity contribution in [3.63, 3.8) is 0 Å². The molecule has 1 atom stereocenters. The van der Waals surface area contributed by atoms with Gasteiger partial charge in [-0.15, -0.1) is 0 Å². The van der Waals surface area contributed by atoms with E-state index >= 15 is 0 Å². The highest BCUT2D eigenvalue weighted by Crippen LogP contribution is 2.32. The van der Waals surface area contributed by atoms with Gasteiger partial charge in [-0.1, -0.05) is 6.92 Å². The van der Waals surface area contributed by atoms with E-state index in [9.17, 15) is 4.79 Å². The normalized spacial score (nSPS) is 14.8. The van der Waals surface area contributed by atoms with Crippen LogP contribution >= 0.6 is 25.3 Å². The summed E-state index contributed by atoms with van der Waals surface area (Å²) in [5.74, 6) is -1.38. The van der Waals surface area contributed by atoms with Crippen molar-refractivity contribution in [3.8, 4) is 0 Å². The number of hydrogen-bond donors (Lipinski definition) is 3. The van der Waals surface area contributed by atoms with Crippen LogP contribution in [0.3, 0.4) is 0 Å². The van der Waals surface area contributed by atoms with E-state index in [1.807, 2.05) is 6.92 Å². The third-order valence-corrected chi connectivity index (χ3v) is 2.99. The molecule has 10 heavy (non-hydrogen) atoms. The van der Waals surface area contributed by atoms with E-state index in [2.05, 4.69) is 25.3 Å². The minimum Gasteiger partial charge on any atom is -0.481 e. The van der Waals surface area contributed by atoms with Gasteiger partial charge in [0.15, 0.2) is 0 Å². The summed E-state index contributed by atoms with van der Waals surface area (Å²) in [6.07, 6.45) is 0.632. The molecule has 0 aromatic heterocycles. The van der Waals surface area contributed by atoms with E-state index < -0.39 is 16.0 Å². The second-order valence-corrected chi connectivity index (χ2v) is 4.24. The average Bonchev–Trinajstić information content (AvgIpc) is 1.86. The van der Waals surface area contributed by atoms with Crippen LogP contribution in [0.1, 0.15) is 20.3 Å². The number of carboxylic acids is 1. The molecule has 4 heteroatoms. The molecule has 1 unspecified atom stereocenters. The Balaban J connectivity index is 4.17. The summed E-state index contributed by atoms with van der Waals surface area (Å²) >= 11 is 8.21. The number of hydrogen-bond acceptors (Lipinski definition) is 3. The van der Waals surface area contributed by atoms with Crippen LogP contribution in [-0.4, -0.2) is 15.2 Å². The van der Waals surface area contributed by atoms with Crippen LogP contribution in [0.25, 0.3) is 0 Å². The zero-order valence-electron chi connectivity index (χ0n) is 6.03. The van der Waals surface area contributed by atoms with Crippen LogP contribution in [0.5, 0.6) is 0 Å². The number of carboxylic acid groups (broad SMARTS) is 1. The first-order valence-electron chi connectivity index (χ1n) is 3.09. The second-order valence-electron chi connectivity index (χ2n) is 2.29. The van der Waals surface area contributed by atoms with Crippen molar-refractivity contribution >= 4 is 31.2 Å². The summed E-state index contributed by atoms with van der Waals surface area (Å²) in [5, 5.41) is 8.55. The van der Waals surface area contributed by atoms with Crippen LogP contribution in [0.4, 0.5) is 0 Å². The van der Waals surface area contributed by atoms with Crippen LogP contribution in [-0.2, 0) is 4.79 Å². The lowest BCUT2D eigenvalue weighted by Crippen LogP contribution is -2.29. The lowest BCUT2D eigenvalue weighted by Gasteiger charge is -2.24. The van der Waals surface area contributed by atoms with E-state index in [0.29, 0.717) is 6.42 Å². The molecule has 0 rings (SSSR count). The maximum absolute atomic E-state index is 10.4. The quantitative estimate of drug-likeness (QED) is 0.456. The third-order valence-electron chi connectivity index (χ3n) is 1.58. The molecule has 0 spiro atoms. The van der Waals surface area contributed by atoms with Gasteiger partial charge in [-0.2, -0.15) is 25.3 Å². The predicted molar refractivity (Wildman–Crippen MR) is 47.8 cm³/mol. The molecule has 0 amide bonds. The Morgan fingerprint density at radius 3 is 2.20 bits per heavy atom. The highest BCUT2D eigenvalue weighted by molar-refractivity contribution is 8.00. The van der Waals surface area contributed by atoms with Crippen LogP contribution in [0.15, 0.2) is 0 Å². The first kappa shape index (κ1) is 10.2. The largest absolute Gasteiger partial charge is 0.481 e. The number of aliphatic carboxylic acids is 1. The van der Waals surface area contributed by atoms with E-state index in [4.69, 9.17) is 5.11 Å². The molecule has 0 fully saturated rings. The summed E-state index contributed by atoms with van der Waals surface area (Å²) in [4.78, 5) is 10.4. The third kappa shape index (κ3) is 2.42. The lowest BCUT2D eigenvalue weighted by molar-refractivity contribution is -0.141.